The van der Waals surface area contributed by atoms with Gasteiger partial charge in [-0.15, -0.1) is 0 Å². The average molecular weight is 289 g/mol. The topological polar surface area (TPSA) is 55.4 Å². The van der Waals surface area contributed by atoms with Crippen LogP contribution in [0.2, 0.25) is 0 Å². The molecule has 4 heteroatoms. The molecule has 0 atom stereocenters. The number of hydrogen-bond acceptors (Lipinski definition) is 3. The van der Waals surface area contributed by atoms with Gasteiger partial charge in [-0.1, -0.05) is 49.6 Å². The van der Waals surface area contributed by atoms with Crippen molar-refractivity contribution in [3.8, 4) is 0 Å². The van der Waals surface area contributed by atoms with Gasteiger partial charge >= 0.3 is 5.97 Å². The second-order valence-corrected chi connectivity index (χ2v) is 5.53. The first kappa shape index (κ1) is 15.5. The predicted molar refractivity (Wildman–Crippen MR) is 80.7 cm³/mol. The Morgan fingerprint density at radius 2 is 1.81 bits per heavy atom. The summed E-state index contributed by atoms with van der Waals surface area (Å²) in [5.41, 5.74) is 1.18. The highest BCUT2D eigenvalue weighted by Crippen LogP contribution is 2.24. The van der Waals surface area contributed by atoms with Crippen LogP contribution >= 0.6 is 0 Å². The maximum absolute atomic E-state index is 11.8. The number of amides is 1. The zero-order valence-electron chi connectivity index (χ0n) is 12.3. The van der Waals surface area contributed by atoms with Crippen LogP contribution in [0.1, 0.15) is 37.7 Å². The van der Waals surface area contributed by atoms with Crippen LogP contribution in [0.4, 0.5) is 0 Å². The summed E-state index contributed by atoms with van der Waals surface area (Å²) in [6.07, 6.45) is 5.95. The van der Waals surface area contributed by atoms with Crippen LogP contribution in [-0.4, -0.2) is 25.0 Å². The Hall–Kier alpha value is -1.84. The lowest BCUT2D eigenvalue weighted by Crippen LogP contribution is -2.32. The van der Waals surface area contributed by atoms with E-state index >= 15 is 0 Å². The quantitative estimate of drug-likeness (QED) is 0.819. The van der Waals surface area contributed by atoms with Crippen LogP contribution in [0.3, 0.4) is 0 Å². The molecule has 0 aliphatic heterocycles. The Balaban J connectivity index is 1.60. The van der Waals surface area contributed by atoms with Crippen LogP contribution in [-0.2, 0) is 20.7 Å². The van der Waals surface area contributed by atoms with Gasteiger partial charge in [0.05, 0.1) is 5.92 Å². The zero-order chi connectivity index (χ0) is 14.9. The van der Waals surface area contributed by atoms with E-state index in [0.29, 0.717) is 6.54 Å². The Labute approximate surface area is 125 Å². The smallest absolute Gasteiger partial charge is 0.309 e. The number of benzene rings is 1. The highest BCUT2D eigenvalue weighted by atomic mass is 16.5. The molecule has 1 aliphatic carbocycles. The number of ether oxygens (including phenoxy) is 1. The first-order chi connectivity index (χ1) is 10.3. The summed E-state index contributed by atoms with van der Waals surface area (Å²) in [6.45, 7) is 0.397. The lowest BCUT2D eigenvalue weighted by atomic mass is 9.89. The van der Waals surface area contributed by atoms with E-state index in [0.717, 1.165) is 32.1 Å². The largest absolute Gasteiger partial charge is 0.455 e. The first-order valence-electron chi connectivity index (χ1n) is 7.73. The molecule has 21 heavy (non-hydrogen) atoms. The van der Waals surface area contributed by atoms with Gasteiger partial charge in [-0.2, -0.15) is 0 Å². The van der Waals surface area contributed by atoms with Crippen molar-refractivity contribution in [2.24, 2.45) is 5.92 Å². The van der Waals surface area contributed by atoms with Gasteiger partial charge in [-0.3, -0.25) is 9.59 Å². The van der Waals surface area contributed by atoms with Crippen molar-refractivity contribution < 1.29 is 14.3 Å². The van der Waals surface area contributed by atoms with Crippen molar-refractivity contribution in [3.05, 3.63) is 35.9 Å². The molecule has 1 aromatic carbocycles. The number of esters is 1. The Morgan fingerprint density at radius 3 is 2.52 bits per heavy atom. The van der Waals surface area contributed by atoms with Gasteiger partial charge in [0.15, 0.2) is 6.61 Å². The van der Waals surface area contributed by atoms with Gasteiger partial charge in [0, 0.05) is 6.54 Å². The van der Waals surface area contributed by atoms with E-state index < -0.39 is 0 Å². The fourth-order valence-electron chi connectivity index (χ4n) is 2.63. The Kier molecular flexibility index (Phi) is 6.25. The molecule has 1 N–H and O–H groups in total. The van der Waals surface area contributed by atoms with E-state index in [1.165, 1.54) is 12.0 Å². The van der Waals surface area contributed by atoms with Crippen LogP contribution in [0, 0.1) is 5.92 Å². The molecular formula is C17H23NO3. The zero-order valence-corrected chi connectivity index (χ0v) is 12.3. The van der Waals surface area contributed by atoms with Crippen molar-refractivity contribution in [1.29, 1.82) is 0 Å². The van der Waals surface area contributed by atoms with Crippen LogP contribution in [0.15, 0.2) is 30.3 Å². The number of rotatable bonds is 6. The van der Waals surface area contributed by atoms with Crippen molar-refractivity contribution in [3.63, 3.8) is 0 Å². The monoisotopic (exact) mass is 289 g/mol. The summed E-state index contributed by atoms with van der Waals surface area (Å²) in [6, 6.07) is 9.96. The normalized spacial score (nSPS) is 15.4. The number of nitrogens with one attached hydrogen (secondary N) is 1. The van der Waals surface area contributed by atoms with Crippen molar-refractivity contribution in [2.75, 3.05) is 13.2 Å². The van der Waals surface area contributed by atoms with Crippen molar-refractivity contribution >= 4 is 11.9 Å². The summed E-state index contributed by atoms with van der Waals surface area (Å²) in [7, 11) is 0. The third kappa shape index (κ3) is 5.58. The van der Waals surface area contributed by atoms with Gasteiger partial charge < -0.3 is 10.1 Å². The molecule has 0 aromatic heterocycles. The molecule has 0 spiro atoms. The molecule has 0 heterocycles. The standard InChI is InChI=1S/C17H23NO3/c19-16(18-12-11-14-7-3-1-4-8-14)13-21-17(20)15-9-5-2-6-10-15/h1,3-4,7-8,15H,2,5-6,9-13H2,(H,18,19). The third-order valence-electron chi connectivity index (χ3n) is 3.86. The molecule has 0 bridgehead atoms. The highest BCUT2D eigenvalue weighted by Gasteiger charge is 2.22. The maximum atomic E-state index is 11.8. The minimum atomic E-state index is -0.227. The molecular weight excluding hydrogens is 266 g/mol. The molecule has 114 valence electrons. The number of carbonyl (C=O) groups excluding carboxylic acids is 2. The average Bonchev–Trinajstić information content (AvgIpc) is 2.54. The lowest BCUT2D eigenvalue weighted by molar-refractivity contribution is -0.153. The molecule has 1 fully saturated rings. The molecule has 1 aliphatic rings. The van der Waals surface area contributed by atoms with E-state index in [4.69, 9.17) is 4.74 Å². The Bertz CT molecular complexity index is 452. The lowest BCUT2D eigenvalue weighted by Gasteiger charge is -2.19. The van der Waals surface area contributed by atoms with Gasteiger partial charge in [-0.05, 0) is 24.8 Å². The minimum absolute atomic E-state index is 0.00383. The van der Waals surface area contributed by atoms with Crippen LogP contribution in [0.5, 0.6) is 0 Å². The van der Waals surface area contributed by atoms with E-state index in [-0.39, 0.29) is 24.4 Å². The minimum Gasteiger partial charge on any atom is -0.455 e. The van der Waals surface area contributed by atoms with Crippen molar-refractivity contribution in [2.45, 2.75) is 38.5 Å². The maximum Gasteiger partial charge on any atom is 0.309 e. The van der Waals surface area contributed by atoms with Gasteiger partial charge in [-0.25, -0.2) is 0 Å². The number of hydrogen-bond donors (Lipinski definition) is 1. The number of carbonyl (C=O) groups is 2. The molecule has 1 aromatic rings. The first-order valence-corrected chi connectivity index (χ1v) is 7.73. The van der Waals surface area contributed by atoms with E-state index in [1.54, 1.807) is 0 Å². The summed E-state index contributed by atoms with van der Waals surface area (Å²) in [5, 5.41) is 2.77. The molecule has 1 amide bonds. The second-order valence-electron chi connectivity index (χ2n) is 5.53. The van der Waals surface area contributed by atoms with Gasteiger partial charge in [0.2, 0.25) is 0 Å². The molecule has 0 radical (unpaired) electrons. The summed E-state index contributed by atoms with van der Waals surface area (Å²) < 4.78 is 5.10. The highest BCUT2D eigenvalue weighted by molar-refractivity contribution is 5.81. The molecule has 1 saturated carbocycles. The third-order valence-corrected chi connectivity index (χ3v) is 3.86. The fourth-order valence-corrected chi connectivity index (χ4v) is 2.63. The predicted octanol–water partition coefficient (Wildman–Crippen LogP) is 2.47. The summed E-state index contributed by atoms with van der Waals surface area (Å²) in [4.78, 5) is 23.4. The van der Waals surface area contributed by atoms with E-state index in [9.17, 15) is 9.59 Å². The van der Waals surface area contributed by atoms with Crippen LogP contribution in [0.25, 0.3) is 0 Å². The molecule has 0 unspecified atom stereocenters. The summed E-state index contributed by atoms with van der Waals surface area (Å²) in [5.74, 6) is -0.445. The molecule has 0 saturated heterocycles. The Morgan fingerprint density at radius 1 is 1.10 bits per heavy atom. The molecule has 2 rings (SSSR count). The fraction of sp³-hybridized carbons (Fsp3) is 0.529. The van der Waals surface area contributed by atoms with E-state index in [2.05, 4.69) is 5.32 Å². The SMILES string of the molecule is O=C(COC(=O)C1CCCCC1)NCCc1ccccc1. The summed E-state index contributed by atoms with van der Waals surface area (Å²) >= 11 is 0. The van der Waals surface area contributed by atoms with Gasteiger partial charge in [0.25, 0.3) is 5.91 Å². The van der Waals surface area contributed by atoms with E-state index in [1.807, 2.05) is 30.3 Å². The van der Waals surface area contributed by atoms with Crippen molar-refractivity contribution in [1.82, 2.24) is 5.32 Å². The second kappa shape index (κ2) is 8.45. The van der Waals surface area contributed by atoms with Crippen LogP contribution < -0.4 is 5.32 Å². The molecule has 4 nitrogen and oxygen atoms in total. The van der Waals surface area contributed by atoms with Gasteiger partial charge in [0.1, 0.15) is 0 Å².